The summed E-state index contributed by atoms with van der Waals surface area (Å²) >= 11 is 0. The fraction of sp³-hybridized carbons (Fsp3) is 0.308. The highest BCUT2D eigenvalue weighted by molar-refractivity contribution is 5.89. The number of hydrogen-bond donors (Lipinski definition) is 3. The summed E-state index contributed by atoms with van der Waals surface area (Å²) in [5.74, 6) is -3.16. The molecule has 0 bridgehead atoms. The highest BCUT2D eigenvalue weighted by Crippen LogP contribution is 2.13. The SMILES string of the molecule is CC(Oc1ccc(F)cc1)C(=O)NC(CC(N)=O)C(=O)O. The van der Waals surface area contributed by atoms with Crippen molar-refractivity contribution in [1.29, 1.82) is 0 Å². The lowest BCUT2D eigenvalue weighted by Gasteiger charge is -2.18. The van der Waals surface area contributed by atoms with Crippen LogP contribution in [0.1, 0.15) is 13.3 Å². The van der Waals surface area contributed by atoms with E-state index < -0.39 is 42.2 Å². The molecule has 0 radical (unpaired) electrons. The van der Waals surface area contributed by atoms with Crippen molar-refractivity contribution in [3.8, 4) is 5.75 Å². The van der Waals surface area contributed by atoms with Gasteiger partial charge in [0, 0.05) is 0 Å². The number of primary amides is 1. The van der Waals surface area contributed by atoms with Crippen LogP contribution in [-0.4, -0.2) is 35.0 Å². The third-order valence-corrected chi connectivity index (χ3v) is 2.52. The first-order chi connectivity index (χ1) is 9.79. The van der Waals surface area contributed by atoms with Gasteiger partial charge in [-0.2, -0.15) is 0 Å². The second-order valence-electron chi connectivity index (χ2n) is 4.28. The molecule has 0 aliphatic heterocycles. The van der Waals surface area contributed by atoms with Crippen molar-refractivity contribution in [2.24, 2.45) is 5.73 Å². The molecule has 1 rings (SSSR count). The molecule has 2 atom stereocenters. The molecule has 0 heterocycles. The molecule has 2 unspecified atom stereocenters. The van der Waals surface area contributed by atoms with Crippen LogP contribution in [0.25, 0.3) is 0 Å². The van der Waals surface area contributed by atoms with E-state index >= 15 is 0 Å². The first-order valence-corrected chi connectivity index (χ1v) is 6.03. The van der Waals surface area contributed by atoms with E-state index in [9.17, 15) is 18.8 Å². The number of halogens is 1. The predicted molar refractivity (Wildman–Crippen MR) is 69.9 cm³/mol. The topological polar surface area (TPSA) is 119 Å². The number of amides is 2. The third-order valence-electron chi connectivity index (χ3n) is 2.52. The maximum atomic E-state index is 12.7. The van der Waals surface area contributed by atoms with Crippen molar-refractivity contribution >= 4 is 17.8 Å². The third kappa shape index (κ3) is 5.47. The highest BCUT2D eigenvalue weighted by Gasteiger charge is 2.25. The summed E-state index contributed by atoms with van der Waals surface area (Å²) in [5.41, 5.74) is 4.90. The zero-order chi connectivity index (χ0) is 16.0. The summed E-state index contributed by atoms with van der Waals surface area (Å²) in [4.78, 5) is 33.4. The van der Waals surface area contributed by atoms with Crippen molar-refractivity contribution in [3.05, 3.63) is 30.1 Å². The Morgan fingerprint density at radius 3 is 2.38 bits per heavy atom. The summed E-state index contributed by atoms with van der Waals surface area (Å²) in [5, 5.41) is 11.0. The first kappa shape index (κ1) is 16.4. The normalized spacial score (nSPS) is 13.0. The monoisotopic (exact) mass is 298 g/mol. The zero-order valence-corrected chi connectivity index (χ0v) is 11.2. The van der Waals surface area contributed by atoms with Crippen molar-refractivity contribution in [3.63, 3.8) is 0 Å². The molecule has 0 saturated carbocycles. The molecule has 0 saturated heterocycles. The van der Waals surface area contributed by atoms with Crippen molar-refractivity contribution in [2.75, 3.05) is 0 Å². The Kier molecular flexibility index (Phi) is 5.65. The fourth-order valence-corrected chi connectivity index (χ4v) is 1.46. The number of rotatable bonds is 7. The van der Waals surface area contributed by atoms with Crippen LogP contribution in [0.4, 0.5) is 4.39 Å². The van der Waals surface area contributed by atoms with E-state index in [1.807, 2.05) is 0 Å². The molecular formula is C13H15FN2O5. The van der Waals surface area contributed by atoms with E-state index in [0.29, 0.717) is 0 Å². The molecule has 0 fully saturated rings. The van der Waals surface area contributed by atoms with Gasteiger partial charge in [0.25, 0.3) is 5.91 Å². The molecule has 1 aromatic rings. The lowest BCUT2D eigenvalue weighted by atomic mass is 10.2. The molecule has 0 aliphatic rings. The number of hydrogen-bond acceptors (Lipinski definition) is 4. The van der Waals surface area contributed by atoms with Gasteiger partial charge >= 0.3 is 5.97 Å². The number of carboxylic acids is 1. The van der Waals surface area contributed by atoms with E-state index in [2.05, 4.69) is 5.32 Å². The van der Waals surface area contributed by atoms with Gasteiger partial charge in [-0.05, 0) is 31.2 Å². The van der Waals surface area contributed by atoms with Gasteiger partial charge in [0.15, 0.2) is 6.10 Å². The molecule has 2 amide bonds. The minimum absolute atomic E-state index is 0.251. The summed E-state index contributed by atoms with van der Waals surface area (Å²) in [6.45, 7) is 1.39. The van der Waals surface area contributed by atoms with Crippen LogP contribution in [0.15, 0.2) is 24.3 Å². The molecule has 1 aromatic carbocycles. The standard InChI is InChI=1S/C13H15FN2O5/c1-7(21-9-4-2-8(14)3-5-9)12(18)16-10(13(19)20)6-11(15)17/h2-5,7,10H,6H2,1H3,(H2,15,17)(H,16,18)(H,19,20). The van der Waals surface area contributed by atoms with Crippen molar-refractivity contribution in [2.45, 2.75) is 25.5 Å². The lowest BCUT2D eigenvalue weighted by Crippen LogP contribution is -2.47. The second-order valence-corrected chi connectivity index (χ2v) is 4.28. The van der Waals surface area contributed by atoms with E-state index in [-0.39, 0.29) is 5.75 Å². The minimum atomic E-state index is -1.42. The smallest absolute Gasteiger partial charge is 0.326 e. The second kappa shape index (κ2) is 7.22. The number of ether oxygens (including phenoxy) is 1. The Hall–Kier alpha value is -2.64. The maximum absolute atomic E-state index is 12.7. The predicted octanol–water partition coefficient (Wildman–Crippen LogP) is 0.0378. The largest absolute Gasteiger partial charge is 0.481 e. The maximum Gasteiger partial charge on any atom is 0.326 e. The van der Waals surface area contributed by atoms with Crippen molar-refractivity contribution in [1.82, 2.24) is 5.32 Å². The molecule has 4 N–H and O–H groups in total. The fourth-order valence-electron chi connectivity index (χ4n) is 1.46. The van der Waals surface area contributed by atoms with Crippen LogP contribution < -0.4 is 15.8 Å². The quantitative estimate of drug-likeness (QED) is 0.656. The number of carbonyl (C=O) groups is 3. The molecule has 21 heavy (non-hydrogen) atoms. The van der Waals surface area contributed by atoms with Gasteiger partial charge in [-0.15, -0.1) is 0 Å². The zero-order valence-electron chi connectivity index (χ0n) is 11.2. The van der Waals surface area contributed by atoms with Crippen LogP contribution in [0.5, 0.6) is 5.75 Å². The van der Waals surface area contributed by atoms with Gasteiger partial charge < -0.3 is 20.9 Å². The lowest BCUT2D eigenvalue weighted by molar-refractivity contribution is -0.144. The van der Waals surface area contributed by atoms with E-state index in [0.717, 1.165) is 12.1 Å². The highest BCUT2D eigenvalue weighted by atomic mass is 19.1. The molecule has 0 aliphatic carbocycles. The van der Waals surface area contributed by atoms with E-state index in [1.54, 1.807) is 0 Å². The summed E-state index contributed by atoms with van der Waals surface area (Å²) < 4.78 is 18.0. The summed E-state index contributed by atoms with van der Waals surface area (Å²) in [6, 6.07) is 3.56. The number of carboxylic acid groups (broad SMARTS) is 1. The van der Waals surface area contributed by atoms with Crippen LogP contribution in [0.3, 0.4) is 0 Å². The van der Waals surface area contributed by atoms with Gasteiger partial charge in [-0.25, -0.2) is 9.18 Å². The molecule has 0 spiro atoms. The van der Waals surface area contributed by atoms with Crippen LogP contribution in [0, 0.1) is 5.82 Å². The summed E-state index contributed by atoms with van der Waals surface area (Å²) in [7, 11) is 0. The Morgan fingerprint density at radius 1 is 1.33 bits per heavy atom. The Labute approximate surface area is 119 Å². The molecular weight excluding hydrogens is 283 g/mol. The average Bonchev–Trinajstić information content (AvgIpc) is 2.39. The summed E-state index contributed by atoms with van der Waals surface area (Å²) in [6.07, 6.45) is -1.55. The molecule has 7 nitrogen and oxygen atoms in total. The van der Waals surface area contributed by atoms with Gasteiger partial charge in [0.2, 0.25) is 5.91 Å². The van der Waals surface area contributed by atoms with Gasteiger partial charge in [-0.1, -0.05) is 0 Å². The molecule has 114 valence electrons. The van der Waals surface area contributed by atoms with Gasteiger partial charge in [0.05, 0.1) is 6.42 Å². The number of nitrogens with two attached hydrogens (primary N) is 1. The number of benzene rings is 1. The Morgan fingerprint density at radius 2 is 1.90 bits per heavy atom. The molecule has 0 aromatic heterocycles. The van der Waals surface area contributed by atoms with Gasteiger partial charge in [0.1, 0.15) is 17.6 Å². The Bertz CT molecular complexity index is 532. The first-order valence-electron chi connectivity index (χ1n) is 6.03. The van der Waals surface area contributed by atoms with Crippen molar-refractivity contribution < 1.29 is 28.6 Å². The van der Waals surface area contributed by atoms with Gasteiger partial charge in [-0.3, -0.25) is 9.59 Å². The number of aliphatic carboxylic acids is 1. The van der Waals surface area contributed by atoms with E-state index in [1.165, 1.54) is 19.1 Å². The van der Waals surface area contributed by atoms with Crippen LogP contribution in [-0.2, 0) is 14.4 Å². The average molecular weight is 298 g/mol. The molecule has 8 heteroatoms. The number of nitrogens with one attached hydrogen (secondary N) is 1. The Balaban J connectivity index is 2.62. The van der Waals surface area contributed by atoms with E-state index in [4.69, 9.17) is 15.6 Å². The van der Waals surface area contributed by atoms with Crippen LogP contribution in [0.2, 0.25) is 0 Å². The number of carbonyl (C=O) groups excluding carboxylic acids is 2. The van der Waals surface area contributed by atoms with Crippen LogP contribution >= 0.6 is 0 Å². The minimum Gasteiger partial charge on any atom is -0.481 e.